The number of nitrogens with zero attached hydrogens (tertiary/aromatic N) is 4. The molecule has 25 heavy (non-hydrogen) atoms. The molecule has 0 radical (unpaired) electrons. The van der Waals surface area contributed by atoms with E-state index in [0.717, 1.165) is 23.0 Å². The number of azide groups is 1. The summed E-state index contributed by atoms with van der Waals surface area (Å²) in [4.78, 5) is 13.7. The first-order chi connectivity index (χ1) is 11.9. The lowest BCUT2D eigenvalue weighted by atomic mass is 10.1. The number of carbonyl (C=O) groups excluding carboxylic acids is 1. The van der Waals surface area contributed by atoms with Crippen molar-refractivity contribution in [3.63, 3.8) is 0 Å². The van der Waals surface area contributed by atoms with Crippen molar-refractivity contribution in [1.29, 1.82) is 0 Å². The van der Waals surface area contributed by atoms with E-state index in [-0.39, 0.29) is 12.2 Å². The zero-order valence-electron chi connectivity index (χ0n) is 12.7. The van der Waals surface area contributed by atoms with Gasteiger partial charge in [0.15, 0.2) is 6.29 Å². The van der Waals surface area contributed by atoms with Crippen LogP contribution in [0.3, 0.4) is 0 Å². The molecule has 0 spiro atoms. The lowest BCUT2D eigenvalue weighted by Gasteiger charge is -2.12. The number of alkyl halides is 3. The number of halogens is 3. The minimum atomic E-state index is -4.55. The molecular formula is C17H11F3N4O. The van der Waals surface area contributed by atoms with Gasteiger partial charge in [-0.3, -0.25) is 4.79 Å². The molecule has 1 heterocycles. The first-order valence-corrected chi connectivity index (χ1v) is 7.21. The summed E-state index contributed by atoms with van der Waals surface area (Å²) in [5.74, 6) is 0. The Kier molecular flexibility index (Phi) is 4.21. The second-order valence-corrected chi connectivity index (χ2v) is 5.42. The lowest BCUT2D eigenvalue weighted by molar-refractivity contribution is -0.137. The number of fused-ring (bicyclic) bond motifs is 1. The summed E-state index contributed by atoms with van der Waals surface area (Å²) in [7, 11) is 0. The van der Waals surface area contributed by atoms with E-state index in [1.807, 2.05) is 0 Å². The normalized spacial score (nSPS) is 11.3. The fourth-order valence-corrected chi connectivity index (χ4v) is 2.73. The Hall–Kier alpha value is -3.25. The van der Waals surface area contributed by atoms with E-state index < -0.39 is 11.7 Å². The first-order valence-electron chi connectivity index (χ1n) is 7.21. The van der Waals surface area contributed by atoms with Crippen LogP contribution in [0.15, 0.2) is 53.8 Å². The van der Waals surface area contributed by atoms with Crippen LogP contribution in [0.5, 0.6) is 0 Å². The van der Waals surface area contributed by atoms with Crippen LogP contribution in [0.1, 0.15) is 21.5 Å². The average Bonchev–Trinajstić information content (AvgIpc) is 2.92. The zero-order valence-corrected chi connectivity index (χ0v) is 12.7. The maximum atomic E-state index is 13.1. The summed E-state index contributed by atoms with van der Waals surface area (Å²) in [5, 5.41) is 4.00. The third-order valence-corrected chi connectivity index (χ3v) is 3.76. The molecule has 0 atom stereocenters. The van der Waals surface area contributed by atoms with Crippen LogP contribution in [0, 0.1) is 0 Å². The average molecular weight is 344 g/mol. The summed E-state index contributed by atoms with van der Waals surface area (Å²) < 4.78 is 40.8. The highest BCUT2D eigenvalue weighted by atomic mass is 19.4. The summed E-state index contributed by atoms with van der Waals surface area (Å²) >= 11 is 0. The molecule has 0 unspecified atom stereocenters. The van der Waals surface area contributed by atoms with Crippen molar-refractivity contribution >= 4 is 22.9 Å². The molecule has 0 saturated heterocycles. The zero-order chi connectivity index (χ0) is 18.0. The number of rotatable bonds is 4. The Morgan fingerprint density at radius 3 is 2.64 bits per heavy atom. The molecule has 3 rings (SSSR count). The van der Waals surface area contributed by atoms with Gasteiger partial charge in [0.2, 0.25) is 0 Å². The summed E-state index contributed by atoms with van der Waals surface area (Å²) in [6.07, 6.45) is -2.26. The maximum Gasteiger partial charge on any atom is 0.416 e. The summed E-state index contributed by atoms with van der Waals surface area (Å²) in [6.45, 7) is 0.103. The van der Waals surface area contributed by atoms with Gasteiger partial charge in [-0.1, -0.05) is 23.3 Å². The van der Waals surface area contributed by atoms with Gasteiger partial charge in [-0.05, 0) is 35.4 Å². The molecule has 1 aromatic heterocycles. The van der Waals surface area contributed by atoms with Gasteiger partial charge in [-0.25, -0.2) is 0 Å². The number of aromatic nitrogens is 1. The van der Waals surface area contributed by atoms with Crippen molar-refractivity contribution < 1.29 is 18.0 Å². The molecule has 0 aliphatic rings. The van der Waals surface area contributed by atoms with Gasteiger partial charge in [-0.2, -0.15) is 13.2 Å². The van der Waals surface area contributed by atoms with Gasteiger partial charge in [-0.15, -0.1) is 0 Å². The molecule has 0 aliphatic heterocycles. The Bertz CT molecular complexity index is 1000. The largest absolute Gasteiger partial charge is 0.416 e. The van der Waals surface area contributed by atoms with Crippen molar-refractivity contribution in [1.82, 2.24) is 4.57 Å². The van der Waals surface area contributed by atoms with Crippen LogP contribution >= 0.6 is 0 Å². The molecule has 3 aromatic rings. The molecule has 2 aromatic carbocycles. The van der Waals surface area contributed by atoms with Gasteiger partial charge >= 0.3 is 6.18 Å². The third kappa shape index (κ3) is 3.34. The number of hydrogen-bond acceptors (Lipinski definition) is 2. The standard InChI is InChI=1S/C17H11F3N4O/c18-17(19,20)13-5-11(6-14(7-13)22-23-21)8-24-9-12(10-25)15-3-1-2-4-16(15)24/h1-7,9-10H,8H2. The second-order valence-electron chi connectivity index (χ2n) is 5.42. The quantitative estimate of drug-likeness (QED) is 0.268. The molecule has 8 heteroatoms. The third-order valence-electron chi connectivity index (χ3n) is 3.76. The molecule has 5 nitrogen and oxygen atoms in total. The highest BCUT2D eigenvalue weighted by Crippen LogP contribution is 2.33. The van der Waals surface area contributed by atoms with E-state index in [1.165, 1.54) is 6.07 Å². The molecule has 126 valence electrons. The Morgan fingerprint density at radius 2 is 1.96 bits per heavy atom. The van der Waals surface area contributed by atoms with Crippen LogP contribution in [-0.2, 0) is 12.7 Å². The van der Waals surface area contributed by atoms with Gasteiger partial charge in [0, 0.05) is 39.8 Å². The molecule has 0 bridgehead atoms. The monoisotopic (exact) mass is 344 g/mol. The van der Waals surface area contributed by atoms with Crippen LogP contribution in [0.2, 0.25) is 0 Å². The molecule has 0 N–H and O–H groups in total. The number of benzene rings is 2. The fourth-order valence-electron chi connectivity index (χ4n) is 2.73. The molecule has 0 aliphatic carbocycles. The minimum absolute atomic E-state index is 0.103. The van der Waals surface area contributed by atoms with Gasteiger partial charge in [0.05, 0.1) is 5.56 Å². The Balaban J connectivity index is 2.10. The summed E-state index contributed by atoms with van der Waals surface area (Å²) in [5.41, 5.74) is 9.00. The number of hydrogen-bond donors (Lipinski definition) is 0. The Morgan fingerprint density at radius 1 is 1.20 bits per heavy atom. The predicted octanol–water partition coefficient (Wildman–Crippen LogP) is 5.46. The number of aldehydes is 1. The van der Waals surface area contributed by atoms with Crippen LogP contribution in [0.25, 0.3) is 21.3 Å². The van der Waals surface area contributed by atoms with Gasteiger partial charge < -0.3 is 4.57 Å². The van der Waals surface area contributed by atoms with Crippen LogP contribution in [-0.4, -0.2) is 10.9 Å². The maximum absolute atomic E-state index is 13.1. The highest BCUT2D eigenvalue weighted by Gasteiger charge is 2.31. The highest BCUT2D eigenvalue weighted by molar-refractivity contribution is 5.97. The number of carbonyl (C=O) groups is 1. The smallest absolute Gasteiger partial charge is 0.342 e. The SMILES string of the molecule is [N-]=[N+]=Nc1cc(Cn2cc(C=O)c3ccccc32)cc(C(F)(F)F)c1. The van der Waals surface area contributed by atoms with Gasteiger partial charge in [0.25, 0.3) is 0 Å². The van der Waals surface area contributed by atoms with E-state index in [9.17, 15) is 18.0 Å². The van der Waals surface area contributed by atoms with Gasteiger partial charge in [0.1, 0.15) is 0 Å². The van der Waals surface area contributed by atoms with Crippen molar-refractivity contribution in [3.8, 4) is 0 Å². The molecule has 0 amide bonds. The van der Waals surface area contributed by atoms with Crippen molar-refractivity contribution in [3.05, 3.63) is 75.8 Å². The van der Waals surface area contributed by atoms with E-state index >= 15 is 0 Å². The molecule has 0 fully saturated rings. The summed E-state index contributed by atoms with van der Waals surface area (Å²) in [6, 6.07) is 10.3. The Labute approximate surface area is 139 Å². The fraction of sp³-hybridized carbons (Fsp3) is 0.118. The van der Waals surface area contributed by atoms with E-state index in [1.54, 1.807) is 35.0 Å². The minimum Gasteiger partial charge on any atom is -0.342 e. The van der Waals surface area contributed by atoms with Crippen LogP contribution in [0.4, 0.5) is 18.9 Å². The van der Waals surface area contributed by atoms with Crippen molar-refractivity contribution in [2.75, 3.05) is 0 Å². The molecular weight excluding hydrogens is 333 g/mol. The lowest BCUT2D eigenvalue weighted by Crippen LogP contribution is -2.06. The topological polar surface area (TPSA) is 70.8 Å². The molecule has 0 saturated carbocycles. The van der Waals surface area contributed by atoms with Crippen LogP contribution < -0.4 is 0 Å². The van der Waals surface area contributed by atoms with E-state index in [2.05, 4.69) is 10.0 Å². The second kappa shape index (κ2) is 6.33. The first kappa shape index (κ1) is 16.6. The number of para-hydroxylation sites is 1. The van der Waals surface area contributed by atoms with E-state index in [0.29, 0.717) is 17.4 Å². The van der Waals surface area contributed by atoms with Crippen molar-refractivity contribution in [2.45, 2.75) is 12.7 Å². The van der Waals surface area contributed by atoms with Crippen molar-refractivity contribution in [2.24, 2.45) is 5.11 Å². The predicted molar refractivity (Wildman–Crippen MR) is 86.7 cm³/mol. The van der Waals surface area contributed by atoms with E-state index in [4.69, 9.17) is 5.53 Å².